The predicted octanol–water partition coefficient (Wildman–Crippen LogP) is 3.57. The molecule has 6 heteroatoms. The molecule has 1 rings (SSSR count). The summed E-state index contributed by atoms with van der Waals surface area (Å²) in [5.74, 6) is 0.715. The number of hydrogen-bond acceptors (Lipinski definition) is 4. The van der Waals surface area contributed by atoms with Crippen LogP contribution in [-0.2, 0) is 0 Å². The van der Waals surface area contributed by atoms with Crippen LogP contribution in [0.5, 0.6) is 11.1 Å². The first kappa shape index (κ1) is 12.7. The van der Waals surface area contributed by atoms with E-state index in [-0.39, 0.29) is 0 Å². The molecule has 0 N–H and O–H groups in total. The molecular formula is C9H19NO2SSi2. The molecule has 0 aromatic carbocycles. The highest BCUT2D eigenvalue weighted by Gasteiger charge is 2.21. The first-order valence-corrected chi connectivity index (χ1v) is 12.7. The van der Waals surface area contributed by atoms with Crippen molar-refractivity contribution in [3.8, 4) is 11.1 Å². The minimum atomic E-state index is -1.54. The summed E-state index contributed by atoms with van der Waals surface area (Å²) in [6, 6.07) is 0. The highest BCUT2D eigenvalue weighted by atomic mass is 32.1. The highest BCUT2D eigenvalue weighted by molar-refractivity contribution is 7.12. The van der Waals surface area contributed by atoms with E-state index in [1.807, 2.05) is 5.38 Å². The van der Waals surface area contributed by atoms with Crippen LogP contribution in [0.3, 0.4) is 0 Å². The van der Waals surface area contributed by atoms with Gasteiger partial charge in [0, 0.05) is 0 Å². The number of thiazole rings is 1. The summed E-state index contributed by atoms with van der Waals surface area (Å²) in [6.45, 7) is 12.9. The van der Waals surface area contributed by atoms with E-state index in [4.69, 9.17) is 8.85 Å². The lowest BCUT2D eigenvalue weighted by molar-refractivity contribution is 0.510. The number of aromatic nitrogens is 1. The molecule has 1 aromatic rings. The van der Waals surface area contributed by atoms with E-state index < -0.39 is 16.6 Å². The smallest absolute Gasteiger partial charge is 0.262 e. The van der Waals surface area contributed by atoms with Crippen molar-refractivity contribution in [2.75, 3.05) is 0 Å². The molecule has 0 saturated heterocycles. The summed E-state index contributed by atoms with van der Waals surface area (Å²) in [5.41, 5.74) is 0. The third-order valence-corrected chi connectivity index (χ3v) is 3.74. The van der Waals surface area contributed by atoms with Crippen LogP contribution < -0.4 is 8.85 Å². The van der Waals surface area contributed by atoms with Crippen molar-refractivity contribution >= 4 is 28.0 Å². The van der Waals surface area contributed by atoms with Gasteiger partial charge in [-0.25, -0.2) is 0 Å². The molecule has 0 bridgehead atoms. The Morgan fingerprint density at radius 2 is 1.53 bits per heavy atom. The molecule has 0 aliphatic carbocycles. The van der Waals surface area contributed by atoms with Gasteiger partial charge in [-0.15, -0.1) is 0 Å². The van der Waals surface area contributed by atoms with Gasteiger partial charge >= 0.3 is 0 Å². The molecule has 1 heterocycles. The minimum Gasteiger partial charge on any atom is -0.531 e. The minimum absolute atomic E-state index is 0.715. The van der Waals surface area contributed by atoms with Gasteiger partial charge in [-0.3, -0.25) is 0 Å². The molecule has 0 radical (unpaired) electrons. The van der Waals surface area contributed by atoms with Crippen molar-refractivity contribution in [1.29, 1.82) is 0 Å². The van der Waals surface area contributed by atoms with Gasteiger partial charge in [0.05, 0.1) is 5.38 Å². The molecule has 15 heavy (non-hydrogen) atoms. The van der Waals surface area contributed by atoms with E-state index in [0.29, 0.717) is 5.88 Å². The van der Waals surface area contributed by atoms with Gasteiger partial charge in [-0.2, -0.15) is 4.98 Å². The molecule has 0 amide bonds. The van der Waals surface area contributed by atoms with E-state index in [2.05, 4.69) is 44.3 Å². The monoisotopic (exact) mass is 261 g/mol. The van der Waals surface area contributed by atoms with Gasteiger partial charge in [0.15, 0.2) is 0 Å². The number of hydrogen-bond donors (Lipinski definition) is 0. The zero-order valence-corrected chi connectivity index (χ0v) is 13.1. The fourth-order valence-electron chi connectivity index (χ4n) is 0.913. The normalized spacial score (nSPS) is 12.7. The Kier molecular flexibility index (Phi) is 3.62. The van der Waals surface area contributed by atoms with Crippen molar-refractivity contribution in [3.05, 3.63) is 5.38 Å². The molecular weight excluding hydrogens is 242 g/mol. The fourth-order valence-corrected chi connectivity index (χ4v) is 3.69. The van der Waals surface area contributed by atoms with Crippen LogP contribution in [0.25, 0.3) is 0 Å². The summed E-state index contributed by atoms with van der Waals surface area (Å²) in [7, 11) is -3.08. The van der Waals surface area contributed by atoms with Crippen molar-refractivity contribution in [1.82, 2.24) is 4.98 Å². The maximum atomic E-state index is 5.78. The van der Waals surface area contributed by atoms with Crippen LogP contribution in [0.4, 0.5) is 0 Å². The second-order valence-electron chi connectivity index (χ2n) is 5.38. The Morgan fingerprint density at radius 3 is 2.00 bits per heavy atom. The quantitative estimate of drug-likeness (QED) is 0.777. The maximum absolute atomic E-state index is 5.78. The average Bonchev–Trinajstić information content (AvgIpc) is 2.28. The first-order chi connectivity index (χ1) is 6.66. The standard InChI is InChI=1S/C9H19NO2SSi2/c1-14(2,3)11-8-7-13-9(10-8)12-15(4,5)6/h7H,1-6H3. The van der Waals surface area contributed by atoms with Gasteiger partial charge in [-0.05, 0) is 39.3 Å². The summed E-state index contributed by atoms with van der Waals surface area (Å²) in [6.07, 6.45) is 0. The number of nitrogens with zero attached hydrogens (tertiary/aromatic N) is 1. The zero-order chi connectivity index (χ0) is 11.7. The fraction of sp³-hybridized carbons (Fsp3) is 0.667. The lowest BCUT2D eigenvalue weighted by Crippen LogP contribution is -2.30. The van der Waals surface area contributed by atoms with Crippen molar-refractivity contribution in [3.63, 3.8) is 0 Å². The van der Waals surface area contributed by atoms with E-state index in [1.165, 1.54) is 11.3 Å². The van der Waals surface area contributed by atoms with Crippen molar-refractivity contribution < 1.29 is 8.85 Å². The Hall–Kier alpha value is -0.336. The summed E-state index contributed by atoms with van der Waals surface area (Å²) >= 11 is 1.52. The maximum Gasteiger partial charge on any atom is 0.262 e. The number of rotatable bonds is 4. The van der Waals surface area contributed by atoms with Gasteiger partial charge in [0.2, 0.25) is 22.5 Å². The van der Waals surface area contributed by atoms with Crippen LogP contribution in [0.2, 0.25) is 39.3 Å². The van der Waals surface area contributed by atoms with Crippen LogP contribution in [0.15, 0.2) is 5.38 Å². The third-order valence-electron chi connectivity index (χ3n) is 1.27. The summed E-state index contributed by atoms with van der Waals surface area (Å²) in [4.78, 5) is 4.32. The summed E-state index contributed by atoms with van der Waals surface area (Å²) < 4.78 is 11.5. The Balaban J connectivity index is 2.65. The third kappa shape index (κ3) is 5.34. The molecule has 1 aromatic heterocycles. The van der Waals surface area contributed by atoms with Crippen LogP contribution in [0, 0.1) is 0 Å². The molecule has 0 saturated carbocycles. The molecule has 0 aliphatic heterocycles. The molecule has 0 fully saturated rings. The van der Waals surface area contributed by atoms with E-state index in [9.17, 15) is 0 Å². The molecule has 0 aliphatic rings. The Bertz CT molecular complexity index is 297. The van der Waals surface area contributed by atoms with Crippen LogP contribution in [0.1, 0.15) is 0 Å². The lowest BCUT2D eigenvalue weighted by atomic mass is 10.9. The van der Waals surface area contributed by atoms with E-state index in [1.54, 1.807) is 0 Å². The van der Waals surface area contributed by atoms with Gasteiger partial charge in [0.1, 0.15) is 0 Å². The average molecular weight is 261 g/mol. The Morgan fingerprint density at radius 1 is 1.00 bits per heavy atom. The second-order valence-corrected chi connectivity index (χ2v) is 15.1. The van der Waals surface area contributed by atoms with Crippen molar-refractivity contribution in [2.24, 2.45) is 0 Å². The topological polar surface area (TPSA) is 31.4 Å². The Labute approximate surface area is 97.7 Å². The SMILES string of the molecule is C[Si](C)(C)Oc1csc(O[Si](C)(C)C)n1. The van der Waals surface area contributed by atoms with Gasteiger partial charge < -0.3 is 8.85 Å². The first-order valence-electron chi connectivity index (χ1n) is 4.99. The summed E-state index contributed by atoms with van der Waals surface area (Å²) in [5, 5.41) is 2.66. The van der Waals surface area contributed by atoms with Crippen LogP contribution >= 0.6 is 11.3 Å². The second kappa shape index (κ2) is 4.27. The van der Waals surface area contributed by atoms with Crippen molar-refractivity contribution in [2.45, 2.75) is 39.3 Å². The van der Waals surface area contributed by atoms with Gasteiger partial charge in [-0.1, -0.05) is 11.3 Å². The largest absolute Gasteiger partial charge is 0.531 e. The van der Waals surface area contributed by atoms with Crippen LogP contribution in [-0.4, -0.2) is 21.6 Å². The van der Waals surface area contributed by atoms with E-state index in [0.717, 1.165) is 5.19 Å². The molecule has 3 nitrogen and oxygen atoms in total. The zero-order valence-electron chi connectivity index (χ0n) is 10.2. The van der Waals surface area contributed by atoms with Gasteiger partial charge in [0.25, 0.3) is 5.19 Å². The molecule has 86 valence electrons. The highest BCUT2D eigenvalue weighted by Crippen LogP contribution is 2.27. The molecule has 0 atom stereocenters. The predicted molar refractivity (Wildman–Crippen MR) is 70.1 cm³/mol. The molecule has 0 spiro atoms. The lowest BCUT2D eigenvalue weighted by Gasteiger charge is -2.17. The molecule has 0 unspecified atom stereocenters. The van der Waals surface area contributed by atoms with E-state index >= 15 is 0 Å².